The molecule has 0 fully saturated rings. The van der Waals surface area contributed by atoms with Crippen LogP contribution in [0.1, 0.15) is 10.5 Å². The number of hydrogen-bond donors (Lipinski definition) is 2. The average molecular weight is 136 g/mol. The molecule has 1 heterocycles. The number of nitriles is 1. The number of H-pyrrole nitrogens is 1. The molecule has 5 nitrogen and oxygen atoms in total. The van der Waals surface area contributed by atoms with Gasteiger partial charge >= 0.3 is 0 Å². The molecule has 0 aliphatic carbocycles. The van der Waals surface area contributed by atoms with E-state index in [-0.39, 0.29) is 11.5 Å². The van der Waals surface area contributed by atoms with E-state index in [4.69, 9.17) is 11.0 Å². The molecule has 3 N–H and O–H groups in total. The van der Waals surface area contributed by atoms with Crippen LogP contribution in [-0.4, -0.2) is 15.8 Å². The SMILES string of the molecule is N#CC(=O)c1[nH]cnc1N. The van der Waals surface area contributed by atoms with Crippen molar-refractivity contribution in [3.05, 3.63) is 12.0 Å². The van der Waals surface area contributed by atoms with Gasteiger partial charge in [0.25, 0.3) is 5.78 Å². The van der Waals surface area contributed by atoms with Gasteiger partial charge in [0.05, 0.1) is 6.33 Å². The lowest BCUT2D eigenvalue weighted by Crippen LogP contribution is -1.99. The second-order valence-corrected chi connectivity index (χ2v) is 1.60. The molecule has 0 unspecified atom stereocenters. The summed E-state index contributed by atoms with van der Waals surface area (Å²) in [6.45, 7) is 0. The van der Waals surface area contributed by atoms with Gasteiger partial charge in [-0.3, -0.25) is 4.79 Å². The van der Waals surface area contributed by atoms with E-state index in [2.05, 4.69) is 9.97 Å². The molecule has 1 aromatic rings. The van der Waals surface area contributed by atoms with Gasteiger partial charge in [0.2, 0.25) is 0 Å². The second-order valence-electron chi connectivity index (χ2n) is 1.60. The fourth-order valence-corrected chi connectivity index (χ4v) is 0.543. The van der Waals surface area contributed by atoms with Gasteiger partial charge in [0.1, 0.15) is 11.8 Å². The molecule has 0 atom stereocenters. The van der Waals surface area contributed by atoms with Gasteiger partial charge in [-0.15, -0.1) is 0 Å². The zero-order valence-corrected chi connectivity index (χ0v) is 4.96. The highest BCUT2D eigenvalue weighted by Crippen LogP contribution is 2.03. The van der Waals surface area contributed by atoms with Crippen LogP contribution in [0, 0.1) is 11.3 Å². The fourth-order valence-electron chi connectivity index (χ4n) is 0.543. The van der Waals surface area contributed by atoms with Crippen molar-refractivity contribution in [2.75, 3.05) is 5.73 Å². The van der Waals surface area contributed by atoms with Gasteiger partial charge in [0, 0.05) is 0 Å². The Balaban J connectivity index is 3.08. The second kappa shape index (κ2) is 2.19. The lowest BCUT2D eigenvalue weighted by atomic mass is 10.3. The summed E-state index contributed by atoms with van der Waals surface area (Å²) in [7, 11) is 0. The third-order valence-electron chi connectivity index (χ3n) is 0.997. The van der Waals surface area contributed by atoms with Crippen LogP contribution < -0.4 is 5.73 Å². The van der Waals surface area contributed by atoms with Gasteiger partial charge in [-0.1, -0.05) is 0 Å². The van der Waals surface area contributed by atoms with Crippen LogP contribution in [0.3, 0.4) is 0 Å². The number of nitrogen functional groups attached to an aromatic ring is 1. The summed E-state index contributed by atoms with van der Waals surface area (Å²) in [5.74, 6) is -0.637. The molecule has 0 amide bonds. The third-order valence-corrected chi connectivity index (χ3v) is 0.997. The average Bonchev–Trinajstić information content (AvgIpc) is 2.34. The summed E-state index contributed by atoms with van der Waals surface area (Å²) in [4.78, 5) is 16.6. The first kappa shape index (κ1) is 6.29. The van der Waals surface area contributed by atoms with Crippen molar-refractivity contribution in [1.82, 2.24) is 9.97 Å². The summed E-state index contributed by atoms with van der Waals surface area (Å²) in [6, 6.07) is 1.42. The van der Waals surface area contributed by atoms with Gasteiger partial charge in [-0.25, -0.2) is 4.98 Å². The largest absolute Gasteiger partial charge is 0.382 e. The van der Waals surface area contributed by atoms with Crippen molar-refractivity contribution in [3.63, 3.8) is 0 Å². The Bertz CT molecular complexity index is 295. The van der Waals surface area contributed by atoms with Gasteiger partial charge in [-0.2, -0.15) is 5.26 Å². The number of nitrogens with two attached hydrogens (primary N) is 1. The molecule has 0 spiro atoms. The first-order valence-corrected chi connectivity index (χ1v) is 2.49. The number of carbonyl (C=O) groups excluding carboxylic acids is 1. The predicted octanol–water partition coefficient (Wildman–Crippen LogP) is -0.302. The van der Waals surface area contributed by atoms with Crippen LogP contribution in [-0.2, 0) is 0 Å². The van der Waals surface area contributed by atoms with Crippen LogP contribution in [0.25, 0.3) is 0 Å². The Hall–Kier alpha value is -1.83. The minimum atomic E-state index is -0.699. The molecule has 0 saturated heterocycles. The Labute approximate surface area is 56.5 Å². The predicted molar refractivity (Wildman–Crippen MR) is 32.9 cm³/mol. The maximum absolute atomic E-state index is 10.6. The number of nitrogens with one attached hydrogen (secondary N) is 1. The van der Waals surface area contributed by atoms with E-state index in [0.717, 1.165) is 0 Å². The Morgan fingerprint density at radius 1 is 1.90 bits per heavy atom. The molecule has 0 aromatic carbocycles. The summed E-state index contributed by atoms with van der Waals surface area (Å²) < 4.78 is 0. The molecule has 1 aromatic heterocycles. The van der Waals surface area contributed by atoms with Crippen LogP contribution in [0.4, 0.5) is 5.82 Å². The molecule has 0 aliphatic heterocycles. The number of aromatic nitrogens is 2. The highest BCUT2D eigenvalue weighted by atomic mass is 16.1. The molecule has 0 bridgehead atoms. The molecule has 5 heteroatoms. The minimum absolute atomic E-state index is 0.0579. The first-order chi connectivity index (χ1) is 4.75. The number of aromatic amines is 1. The Morgan fingerprint density at radius 3 is 3.00 bits per heavy atom. The topological polar surface area (TPSA) is 95.6 Å². The first-order valence-electron chi connectivity index (χ1n) is 2.49. The number of ketones is 1. The van der Waals surface area contributed by atoms with Crippen LogP contribution in [0.15, 0.2) is 6.33 Å². The normalized spacial score (nSPS) is 8.70. The number of anilines is 1. The number of imidazole rings is 1. The molecular formula is C5H4N4O. The van der Waals surface area contributed by atoms with Crippen molar-refractivity contribution in [1.29, 1.82) is 5.26 Å². The Morgan fingerprint density at radius 2 is 2.60 bits per heavy atom. The van der Waals surface area contributed by atoms with E-state index in [1.807, 2.05) is 0 Å². The van der Waals surface area contributed by atoms with E-state index >= 15 is 0 Å². The summed E-state index contributed by atoms with van der Waals surface area (Å²) in [5.41, 5.74) is 5.26. The summed E-state index contributed by atoms with van der Waals surface area (Å²) in [6.07, 6.45) is 1.26. The number of hydrogen-bond acceptors (Lipinski definition) is 4. The van der Waals surface area contributed by atoms with E-state index in [1.54, 1.807) is 0 Å². The lowest BCUT2D eigenvalue weighted by Gasteiger charge is -1.84. The van der Waals surface area contributed by atoms with Crippen LogP contribution in [0.2, 0.25) is 0 Å². The van der Waals surface area contributed by atoms with Gasteiger partial charge < -0.3 is 10.7 Å². The molecule has 0 aliphatic rings. The molecule has 50 valence electrons. The standard InChI is InChI=1S/C5H4N4O/c6-1-3(10)4-5(7)9-2-8-4/h2H,7H2,(H,8,9). The van der Waals surface area contributed by atoms with Crippen LogP contribution >= 0.6 is 0 Å². The number of rotatable bonds is 1. The molecule has 0 saturated carbocycles. The maximum Gasteiger partial charge on any atom is 0.282 e. The van der Waals surface area contributed by atoms with E-state index in [9.17, 15) is 4.79 Å². The van der Waals surface area contributed by atoms with E-state index in [0.29, 0.717) is 0 Å². The molecule has 0 radical (unpaired) electrons. The highest BCUT2D eigenvalue weighted by molar-refractivity contribution is 6.08. The van der Waals surface area contributed by atoms with Gasteiger partial charge in [-0.05, 0) is 0 Å². The van der Waals surface area contributed by atoms with Crippen LogP contribution in [0.5, 0.6) is 0 Å². The lowest BCUT2D eigenvalue weighted by molar-refractivity contribution is 0.105. The zero-order valence-electron chi connectivity index (χ0n) is 4.96. The van der Waals surface area contributed by atoms with E-state index in [1.165, 1.54) is 12.4 Å². The van der Waals surface area contributed by atoms with Crippen molar-refractivity contribution >= 4 is 11.6 Å². The third kappa shape index (κ3) is 0.821. The van der Waals surface area contributed by atoms with Crippen molar-refractivity contribution in [3.8, 4) is 6.07 Å². The summed E-state index contributed by atoms with van der Waals surface area (Å²) in [5, 5.41) is 8.13. The number of Topliss-reactive ketones (excluding diaryl/α,β-unsaturated/α-hetero) is 1. The maximum atomic E-state index is 10.6. The number of carbonyl (C=O) groups is 1. The molecule has 10 heavy (non-hydrogen) atoms. The molecular weight excluding hydrogens is 132 g/mol. The van der Waals surface area contributed by atoms with E-state index < -0.39 is 5.78 Å². The quantitative estimate of drug-likeness (QED) is 0.409. The number of nitrogens with zero attached hydrogens (tertiary/aromatic N) is 2. The summed E-state index contributed by atoms with van der Waals surface area (Å²) >= 11 is 0. The van der Waals surface area contributed by atoms with Crippen molar-refractivity contribution < 1.29 is 4.79 Å². The zero-order chi connectivity index (χ0) is 7.56. The highest BCUT2D eigenvalue weighted by Gasteiger charge is 2.09. The monoisotopic (exact) mass is 136 g/mol. The molecule has 1 rings (SSSR count). The van der Waals surface area contributed by atoms with Gasteiger partial charge in [0.15, 0.2) is 5.82 Å². The van der Waals surface area contributed by atoms with Crippen molar-refractivity contribution in [2.24, 2.45) is 0 Å². The smallest absolute Gasteiger partial charge is 0.282 e. The minimum Gasteiger partial charge on any atom is -0.382 e. The Kier molecular flexibility index (Phi) is 1.38. The van der Waals surface area contributed by atoms with Crippen molar-refractivity contribution in [2.45, 2.75) is 0 Å². The fraction of sp³-hybridized carbons (Fsp3) is 0.